The molecule has 0 fully saturated rings. The van der Waals surface area contributed by atoms with Gasteiger partial charge in [-0.1, -0.05) is 0 Å². The van der Waals surface area contributed by atoms with Crippen LogP contribution in [0.25, 0.3) is 0 Å². The van der Waals surface area contributed by atoms with E-state index in [-0.39, 0.29) is 6.17 Å². The Morgan fingerprint density at radius 2 is 2.38 bits per heavy atom. The topological polar surface area (TPSA) is 49.1 Å². The molecular weight excluding hydrogens is 164 g/mol. The molecular formula is C9H8N4. The number of allylic oxidation sites excluding steroid dienone is 2. The number of nitrogens with zero attached hydrogens (tertiary/aromatic N) is 3. The summed E-state index contributed by atoms with van der Waals surface area (Å²) in [7, 11) is 0. The molecule has 3 aliphatic heterocycles. The summed E-state index contributed by atoms with van der Waals surface area (Å²) in [6.45, 7) is 0.788. The van der Waals surface area contributed by atoms with E-state index in [4.69, 9.17) is 0 Å². The Morgan fingerprint density at radius 1 is 1.38 bits per heavy atom. The Labute approximate surface area is 75.5 Å². The minimum Gasteiger partial charge on any atom is -0.378 e. The first-order valence-corrected chi connectivity index (χ1v) is 4.23. The monoisotopic (exact) mass is 172 g/mol. The number of hydrogen-bond donors (Lipinski definition) is 1. The number of nitrogens with one attached hydrogen (secondary N) is 1. The molecule has 1 unspecified atom stereocenters. The maximum absolute atomic E-state index is 4.27. The third-order valence-corrected chi connectivity index (χ3v) is 2.24. The molecule has 0 bridgehead atoms. The lowest BCUT2D eigenvalue weighted by molar-refractivity contribution is 0.787. The third-order valence-electron chi connectivity index (χ3n) is 2.24. The zero-order valence-corrected chi connectivity index (χ0v) is 6.94. The van der Waals surface area contributed by atoms with E-state index in [1.165, 1.54) is 0 Å². The molecule has 0 aromatic rings. The van der Waals surface area contributed by atoms with Crippen LogP contribution < -0.4 is 5.32 Å². The summed E-state index contributed by atoms with van der Waals surface area (Å²) in [4.78, 5) is 12.7. The van der Waals surface area contributed by atoms with Crippen molar-refractivity contribution >= 4 is 18.6 Å². The second-order valence-electron chi connectivity index (χ2n) is 3.02. The maximum atomic E-state index is 4.27. The molecule has 1 atom stereocenters. The summed E-state index contributed by atoms with van der Waals surface area (Å²) in [5, 5.41) is 3.28. The lowest BCUT2D eigenvalue weighted by Gasteiger charge is -2.21. The van der Waals surface area contributed by atoms with Crippen molar-refractivity contribution in [3.05, 3.63) is 23.0 Å². The van der Waals surface area contributed by atoms with Gasteiger partial charge in [0.15, 0.2) is 6.17 Å². The fraction of sp³-hybridized carbons (Fsp3) is 0.222. The second-order valence-corrected chi connectivity index (χ2v) is 3.02. The van der Waals surface area contributed by atoms with Gasteiger partial charge in [-0.25, -0.2) is 0 Å². The molecule has 0 aromatic heterocycles. The largest absolute Gasteiger partial charge is 0.378 e. The molecule has 0 radical (unpaired) electrons. The van der Waals surface area contributed by atoms with E-state index < -0.39 is 0 Å². The van der Waals surface area contributed by atoms with Gasteiger partial charge in [0.25, 0.3) is 0 Å². The van der Waals surface area contributed by atoms with Gasteiger partial charge in [0.2, 0.25) is 0 Å². The van der Waals surface area contributed by atoms with Gasteiger partial charge in [-0.2, -0.15) is 0 Å². The van der Waals surface area contributed by atoms with Crippen LogP contribution in [0.1, 0.15) is 0 Å². The Hall–Kier alpha value is -1.71. The van der Waals surface area contributed by atoms with Crippen molar-refractivity contribution in [1.29, 1.82) is 0 Å². The first-order valence-electron chi connectivity index (χ1n) is 4.23. The Morgan fingerprint density at radius 3 is 3.38 bits per heavy atom. The van der Waals surface area contributed by atoms with Crippen molar-refractivity contribution < 1.29 is 0 Å². The van der Waals surface area contributed by atoms with Crippen LogP contribution in [-0.4, -0.2) is 31.4 Å². The van der Waals surface area contributed by atoms with Crippen molar-refractivity contribution in [3.63, 3.8) is 0 Å². The predicted octanol–water partition coefficient (Wildman–Crippen LogP) is 0.293. The first-order chi connectivity index (χ1) is 6.45. The number of hydrogen-bond acceptors (Lipinski definition) is 4. The highest BCUT2D eigenvalue weighted by Crippen LogP contribution is 2.26. The fourth-order valence-corrected chi connectivity index (χ4v) is 1.64. The van der Waals surface area contributed by atoms with E-state index in [9.17, 15) is 0 Å². The zero-order valence-electron chi connectivity index (χ0n) is 6.94. The summed E-state index contributed by atoms with van der Waals surface area (Å²) in [6.07, 6.45) is 7.39. The van der Waals surface area contributed by atoms with Crippen LogP contribution in [0.2, 0.25) is 0 Å². The standard InChI is InChI=1S/C9H8N4/c1-2-12-9-6(1)8-7(5-13-9)10-3-4-11-8/h1-3,5,9,11H,4H2. The van der Waals surface area contributed by atoms with Gasteiger partial charge in [0, 0.05) is 18.0 Å². The molecule has 3 rings (SSSR count). The van der Waals surface area contributed by atoms with Gasteiger partial charge in [-0.15, -0.1) is 0 Å². The molecule has 0 saturated carbocycles. The van der Waals surface area contributed by atoms with Gasteiger partial charge in [-0.3, -0.25) is 15.0 Å². The van der Waals surface area contributed by atoms with Crippen molar-refractivity contribution in [1.82, 2.24) is 5.32 Å². The quantitative estimate of drug-likeness (QED) is 0.561. The van der Waals surface area contributed by atoms with E-state index in [1.807, 2.05) is 12.3 Å². The van der Waals surface area contributed by atoms with Crippen molar-refractivity contribution in [2.75, 3.05) is 6.54 Å². The SMILES string of the molecule is C1=NC2=C(NC1)C1=CC=NC1N=C2. The number of aliphatic imine (C=N–C) groups is 3. The Balaban J connectivity index is 2.12. The van der Waals surface area contributed by atoms with Crippen molar-refractivity contribution in [2.45, 2.75) is 6.17 Å². The minimum atomic E-state index is -0.0282. The summed E-state index contributed by atoms with van der Waals surface area (Å²) >= 11 is 0. The molecule has 13 heavy (non-hydrogen) atoms. The highest BCUT2D eigenvalue weighted by Gasteiger charge is 2.25. The van der Waals surface area contributed by atoms with Gasteiger partial charge < -0.3 is 5.32 Å². The Bertz CT molecular complexity index is 398. The van der Waals surface area contributed by atoms with Crippen molar-refractivity contribution in [3.8, 4) is 0 Å². The molecule has 0 aromatic carbocycles. The van der Waals surface area contributed by atoms with E-state index in [0.717, 1.165) is 23.5 Å². The van der Waals surface area contributed by atoms with Crippen LogP contribution in [0, 0.1) is 0 Å². The average molecular weight is 172 g/mol. The number of fused-ring (bicyclic) bond motifs is 2. The molecule has 0 amide bonds. The minimum absolute atomic E-state index is 0.0282. The highest BCUT2D eigenvalue weighted by molar-refractivity contribution is 5.90. The molecule has 1 N–H and O–H groups in total. The predicted molar refractivity (Wildman–Crippen MR) is 52.4 cm³/mol. The van der Waals surface area contributed by atoms with Gasteiger partial charge in [0.05, 0.1) is 18.5 Å². The smallest absolute Gasteiger partial charge is 0.167 e. The molecule has 3 aliphatic rings. The molecule has 4 nitrogen and oxygen atoms in total. The number of dihydropyridines is 1. The summed E-state index contributed by atoms with van der Waals surface area (Å²) in [5.41, 5.74) is 3.13. The van der Waals surface area contributed by atoms with Crippen molar-refractivity contribution in [2.24, 2.45) is 15.0 Å². The van der Waals surface area contributed by atoms with Gasteiger partial charge >= 0.3 is 0 Å². The lowest BCUT2D eigenvalue weighted by Crippen LogP contribution is -2.28. The molecule has 4 heteroatoms. The van der Waals surface area contributed by atoms with Gasteiger partial charge in [-0.05, 0) is 6.08 Å². The fourth-order valence-electron chi connectivity index (χ4n) is 1.64. The zero-order chi connectivity index (χ0) is 8.67. The molecule has 0 spiro atoms. The van der Waals surface area contributed by atoms with Crippen LogP contribution in [0.4, 0.5) is 0 Å². The molecule has 3 heterocycles. The number of rotatable bonds is 0. The van der Waals surface area contributed by atoms with Crippen LogP contribution in [0.3, 0.4) is 0 Å². The average Bonchev–Trinajstić information content (AvgIpc) is 2.65. The van der Waals surface area contributed by atoms with E-state index in [0.29, 0.717) is 0 Å². The summed E-state index contributed by atoms with van der Waals surface area (Å²) < 4.78 is 0. The maximum Gasteiger partial charge on any atom is 0.167 e. The van der Waals surface area contributed by atoms with Crippen LogP contribution in [0.15, 0.2) is 38.0 Å². The molecule has 0 aliphatic carbocycles. The van der Waals surface area contributed by atoms with E-state index in [1.54, 1.807) is 12.4 Å². The lowest BCUT2D eigenvalue weighted by atomic mass is 10.1. The third kappa shape index (κ3) is 0.884. The first kappa shape index (κ1) is 6.77. The molecule has 64 valence electrons. The second kappa shape index (κ2) is 2.39. The Kier molecular flexibility index (Phi) is 1.24. The highest BCUT2D eigenvalue weighted by atomic mass is 15.1. The van der Waals surface area contributed by atoms with Gasteiger partial charge in [0.1, 0.15) is 5.70 Å². The van der Waals surface area contributed by atoms with Crippen LogP contribution >= 0.6 is 0 Å². The van der Waals surface area contributed by atoms with Crippen LogP contribution in [-0.2, 0) is 0 Å². The summed E-state index contributed by atoms with van der Waals surface area (Å²) in [5.74, 6) is 0. The molecule has 0 saturated heterocycles. The summed E-state index contributed by atoms with van der Waals surface area (Å²) in [6, 6.07) is 0. The van der Waals surface area contributed by atoms with E-state index in [2.05, 4.69) is 20.3 Å². The van der Waals surface area contributed by atoms with E-state index >= 15 is 0 Å². The normalized spacial score (nSPS) is 28.3. The van der Waals surface area contributed by atoms with Crippen LogP contribution in [0.5, 0.6) is 0 Å².